The van der Waals surface area contributed by atoms with Crippen molar-refractivity contribution in [1.82, 2.24) is 14.8 Å². The number of hydrogen-bond donors (Lipinski definition) is 2. The van der Waals surface area contributed by atoms with E-state index < -0.39 is 11.9 Å². The van der Waals surface area contributed by atoms with Crippen LogP contribution in [0.3, 0.4) is 0 Å². The number of para-hydroxylation sites is 1. The predicted molar refractivity (Wildman–Crippen MR) is 122 cm³/mol. The molecule has 0 bridgehead atoms. The zero-order valence-electron chi connectivity index (χ0n) is 17.1. The molecule has 1 atom stereocenters. The van der Waals surface area contributed by atoms with Gasteiger partial charge in [-0.2, -0.15) is 4.98 Å². The Balaban J connectivity index is 1.75. The number of amides is 1. The lowest BCUT2D eigenvalue weighted by Gasteiger charge is -2.28. The van der Waals surface area contributed by atoms with Crippen molar-refractivity contribution in [3.8, 4) is 5.75 Å². The Morgan fingerprint density at radius 3 is 2.71 bits per heavy atom. The number of allylic oxidation sites excluding steroid dienone is 1. The smallest absolute Gasteiger partial charge is 0.248 e. The summed E-state index contributed by atoms with van der Waals surface area (Å²) in [4.78, 5) is 17.0. The third-order valence-electron chi connectivity index (χ3n) is 4.89. The summed E-state index contributed by atoms with van der Waals surface area (Å²) in [6.45, 7) is 4.21. The van der Waals surface area contributed by atoms with Gasteiger partial charge in [0.1, 0.15) is 18.4 Å². The molecule has 31 heavy (non-hydrogen) atoms. The molecule has 1 aliphatic rings. The number of nitrogens with two attached hydrogens (primary N) is 1. The lowest BCUT2D eigenvalue weighted by Crippen LogP contribution is -2.32. The summed E-state index contributed by atoms with van der Waals surface area (Å²) >= 11 is 7.50. The molecule has 160 valence electrons. The third-order valence-corrected chi connectivity index (χ3v) is 5.87. The number of carbonyl (C=O) groups is 1. The van der Waals surface area contributed by atoms with Crippen LogP contribution < -0.4 is 15.8 Å². The van der Waals surface area contributed by atoms with E-state index in [1.54, 1.807) is 4.68 Å². The highest BCUT2D eigenvalue weighted by molar-refractivity contribution is 7.99. The number of ether oxygens (including phenoxy) is 1. The van der Waals surface area contributed by atoms with Gasteiger partial charge in [-0.1, -0.05) is 60.6 Å². The van der Waals surface area contributed by atoms with Gasteiger partial charge in [-0.15, -0.1) is 5.10 Å². The monoisotopic (exact) mass is 455 g/mol. The van der Waals surface area contributed by atoms with Crippen LogP contribution in [-0.2, 0) is 11.4 Å². The molecule has 7 nitrogen and oxygen atoms in total. The molecular formula is C22H22ClN5O2S. The highest BCUT2D eigenvalue weighted by Gasteiger charge is 2.35. The maximum atomic E-state index is 12.4. The van der Waals surface area contributed by atoms with Crippen LogP contribution in [0.5, 0.6) is 5.75 Å². The SMILES string of the molecule is CCSc1nc2n(n1)C(c1ccccc1OCc1ccc(Cl)cc1)C(C(N)=O)=C(C)N2. The summed E-state index contributed by atoms with van der Waals surface area (Å²) < 4.78 is 7.85. The molecule has 1 amide bonds. The van der Waals surface area contributed by atoms with Gasteiger partial charge in [0.15, 0.2) is 0 Å². The number of carbonyl (C=O) groups excluding carboxylic acids is 1. The Labute approximate surface area is 189 Å². The molecule has 0 saturated carbocycles. The average Bonchev–Trinajstić information content (AvgIpc) is 3.14. The standard InChI is InChI=1S/C22H22ClN5O2S/c1-3-31-22-26-21-25-13(2)18(20(24)29)19(28(21)27-22)16-6-4-5-7-17(16)30-12-14-8-10-15(23)11-9-14/h4-11,19H,3,12H2,1-2H3,(H2,24,29)(H,25,26,27). The minimum absolute atomic E-state index is 0.356. The summed E-state index contributed by atoms with van der Waals surface area (Å²) in [5, 5.41) is 9.09. The van der Waals surface area contributed by atoms with E-state index in [0.29, 0.717) is 39.8 Å². The van der Waals surface area contributed by atoms with Gasteiger partial charge < -0.3 is 15.8 Å². The number of anilines is 1. The second-order valence-corrected chi connectivity index (χ2v) is 8.65. The van der Waals surface area contributed by atoms with Crippen molar-refractivity contribution < 1.29 is 9.53 Å². The lowest BCUT2D eigenvalue weighted by atomic mass is 9.94. The summed E-state index contributed by atoms with van der Waals surface area (Å²) in [5.74, 6) is 1.52. The van der Waals surface area contributed by atoms with Crippen LogP contribution in [0, 0.1) is 0 Å². The largest absolute Gasteiger partial charge is 0.489 e. The first kappa shape index (κ1) is 21.3. The molecule has 3 aromatic rings. The van der Waals surface area contributed by atoms with Crippen molar-refractivity contribution >= 4 is 35.2 Å². The Morgan fingerprint density at radius 2 is 2.00 bits per heavy atom. The number of nitrogens with one attached hydrogen (secondary N) is 1. The number of nitrogens with zero attached hydrogens (tertiary/aromatic N) is 3. The van der Waals surface area contributed by atoms with Crippen molar-refractivity contribution in [3.63, 3.8) is 0 Å². The molecule has 4 rings (SSSR count). The van der Waals surface area contributed by atoms with Crippen molar-refractivity contribution in [2.75, 3.05) is 11.1 Å². The van der Waals surface area contributed by atoms with Crippen molar-refractivity contribution in [3.05, 3.63) is 76.0 Å². The van der Waals surface area contributed by atoms with Crippen molar-refractivity contribution in [2.45, 2.75) is 31.7 Å². The van der Waals surface area contributed by atoms with E-state index in [1.165, 1.54) is 11.8 Å². The van der Waals surface area contributed by atoms with Gasteiger partial charge in [-0.3, -0.25) is 4.79 Å². The highest BCUT2D eigenvalue weighted by Crippen LogP contribution is 2.39. The van der Waals surface area contributed by atoms with Crippen LogP contribution in [-0.4, -0.2) is 26.4 Å². The number of halogens is 1. The van der Waals surface area contributed by atoms with E-state index in [-0.39, 0.29) is 0 Å². The van der Waals surface area contributed by atoms with Gasteiger partial charge in [0, 0.05) is 16.3 Å². The Morgan fingerprint density at radius 1 is 1.26 bits per heavy atom. The topological polar surface area (TPSA) is 95.1 Å². The first-order valence-corrected chi connectivity index (χ1v) is 11.2. The van der Waals surface area contributed by atoms with Gasteiger partial charge in [-0.25, -0.2) is 4.68 Å². The van der Waals surface area contributed by atoms with Gasteiger partial charge in [0.05, 0.1) is 5.57 Å². The van der Waals surface area contributed by atoms with E-state index in [0.717, 1.165) is 16.9 Å². The Hall–Kier alpha value is -2.97. The number of hydrogen-bond acceptors (Lipinski definition) is 6. The lowest BCUT2D eigenvalue weighted by molar-refractivity contribution is -0.115. The number of thioether (sulfide) groups is 1. The van der Waals surface area contributed by atoms with Gasteiger partial charge in [0.25, 0.3) is 0 Å². The molecule has 0 radical (unpaired) electrons. The molecule has 1 aliphatic heterocycles. The molecule has 0 spiro atoms. The third kappa shape index (κ3) is 4.40. The second-order valence-electron chi connectivity index (χ2n) is 6.98. The van der Waals surface area contributed by atoms with Crippen LogP contribution in [0.4, 0.5) is 5.95 Å². The fourth-order valence-electron chi connectivity index (χ4n) is 3.51. The normalized spacial score (nSPS) is 15.4. The summed E-state index contributed by atoms with van der Waals surface area (Å²) in [6, 6.07) is 14.5. The maximum Gasteiger partial charge on any atom is 0.248 e. The van der Waals surface area contributed by atoms with E-state index in [4.69, 9.17) is 22.1 Å². The fourth-order valence-corrected chi connectivity index (χ4v) is 4.19. The van der Waals surface area contributed by atoms with Crippen LogP contribution in [0.2, 0.25) is 5.02 Å². The van der Waals surface area contributed by atoms with Crippen molar-refractivity contribution in [1.29, 1.82) is 0 Å². The van der Waals surface area contributed by atoms with Crippen LogP contribution in [0.15, 0.2) is 65.0 Å². The molecule has 1 aromatic heterocycles. The summed E-state index contributed by atoms with van der Waals surface area (Å²) in [6.07, 6.45) is 0. The van der Waals surface area contributed by atoms with Gasteiger partial charge in [0.2, 0.25) is 17.0 Å². The van der Waals surface area contributed by atoms with Crippen molar-refractivity contribution in [2.24, 2.45) is 5.73 Å². The van der Waals surface area contributed by atoms with Gasteiger partial charge >= 0.3 is 0 Å². The molecular weight excluding hydrogens is 434 g/mol. The first-order valence-electron chi connectivity index (χ1n) is 9.81. The number of primary amides is 1. The van der Waals surface area contributed by atoms with Gasteiger partial charge in [-0.05, 0) is 36.4 Å². The molecule has 2 heterocycles. The molecule has 0 fully saturated rings. The maximum absolute atomic E-state index is 12.4. The fraction of sp³-hybridized carbons (Fsp3) is 0.227. The van der Waals surface area contributed by atoms with Crippen LogP contribution >= 0.6 is 23.4 Å². The minimum Gasteiger partial charge on any atom is -0.489 e. The number of fused-ring (bicyclic) bond motifs is 1. The van der Waals surface area contributed by atoms with E-state index in [2.05, 4.69) is 15.4 Å². The summed E-state index contributed by atoms with van der Waals surface area (Å²) in [5.41, 5.74) is 8.62. The zero-order chi connectivity index (χ0) is 22.0. The molecule has 2 aromatic carbocycles. The van der Waals surface area contributed by atoms with Crippen LogP contribution in [0.1, 0.15) is 31.0 Å². The highest BCUT2D eigenvalue weighted by atomic mass is 35.5. The average molecular weight is 456 g/mol. The number of aromatic nitrogens is 3. The number of benzene rings is 2. The van der Waals surface area contributed by atoms with E-state index in [9.17, 15) is 4.79 Å². The van der Waals surface area contributed by atoms with E-state index in [1.807, 2.05) is 62.4 Å². The first-order chi connectivity index (χ1) is 15.0. The quantitative estimate of drug-likeness (QED) is 0.513. The molecule has 0 aliphatic carbocycles. The Bertz CT molecular complexity index is 1140. The molecule has 9 heteroatoms. The molecule has 3 N–H and O–H groups in total. The predicted octanol–water partition coefficient (Wildman–Crippen LogP) is 4.40. The minimum atomic E-state index is -0.547. The van der Waals surface area contributed by atoms with Crippen LogP contribution in [0.25, 0.3) is 0 Å². The zero-order valence-corrected chi connectivity index (χ0v) is 18.7. The second kappa shape index (κ2) is 9.03. The summed E-state index contributed by atoms with van der Waals surface area (Å²) in [7, 11) is 0. The number of rotatable bonds is 7. The molecule has 1 unspecified atom stereocenters. The van der Waals surface area contributed by atoms with E-state index >= 15 is 0 Å². The Kier molecular flexibility index (Phi) is 6.20. The molecule has 0 saturated heterocycles.